The third kappa shape index (κ3) is 3.82. The molecular weight excluding hydrogens is 290 g/mol. The van der Waals surface area contributed by atoms with Gasteiger partial charge in [0.2, 0.25) is 0 Å². The molecule has 0 aliphatic heterocycles. The Hall–Kier alpha value is -2.96. The minimum absolute atomic E-state index is 0.525. The molecule has 0 atom stereocenters. The Balaban J connectivity index is 1.67. The van der Waals surface area contributed by atoms with Crippen LogP contribution in [0.1, 0.15) is 18.4 Å². The van der Waals surface area contributed by atoms with Crippen LogP contribution < -0.4 is 10.6 Å². The zero-order valence-electron chi connectivity index (χ0n) is 13.0. The molecule has 3 aromatic heterocycles. The number of nitrogens with one attached hydrogen (secondary N) is 2. The van der Waals surface area contributed by atoms with Gasteiger partial charge in [0.1, 0.15) is 0 Å². The maximum Gasteiger partial charge on any atom is 0.192 e. The molecule has 2 N–H and O–H groups in total. The fourth-order valence-corrected chi connectivity index (χ4v) is 2.17. The van der Waals surface area contributed by atoms with Gasteiger partial charge in [0.05, 0.1) is 18.8 Å². The molecule has 0 unspecified atom stereocenters. The molecule has 0 aromatic carbocycles. The van der Waals surface area contributed by atoms with Gasteiger partial charge in [0.15, 0.2) is 17.4 Å². The van der Waals surface area contributed by atoms with Crippen LogP contribution >= 0.6 is 0 Å². The first-order valence-electron chi connectivity index (χ1n) is 7.57. The molecule has 0 bridgehead atoms. The van der Waals surface area contributed by atoms with Crippen LogP contribution in [-0.2, 0) is 13.1 Å². The Morgan fingerprint density at radius 2 is 2.04 bits per heavy atom. The van der Waals surface area contributed by atoms with E-state index in [1.807, 2.05) is 53.9 Å². The zero-order valence-corrected chi connectivity index (χ0v) is 13.0. The summed E-state index contributed by atoms with van der Waals surface area (Å²) in [4.78, 5) is 8.81. The van der Waals surface area contributed by atoms with E-state index in [0.717, 1.165) is 29.7 Å². The van der Waals surface area contributed by atoms with Crippen molar-refractivity contribution in [1.82, 2.24) is 30.2 Å². The fraction of sp³-hybridized carbons (Fsp3) is 0.250. The van der Waals surface area contributed by atoms with Gasteiger partial charge < -0.3 is 10.6 Å². The molecular formula is C16H19N7. The van der Waals surface area contributed by atoms with Crippen LogP contribution in [0.25, 0.3) is 5.65 Å². The Morgan fingerprint density at radius 1 is 1.13 bits per heavy atom. The second kappa shape index (κ2) is 7.35. The van der Waals surface area contributed by atoms with Crippen LogP contribution in [0.5, 0.6) is 0 Å². The highest BCUT2D eigenvalue weighted by atomic mass is 15.3. The van der Waals surface area contributed by atoms with E-state index in [4.69, 9.17) is 0 Å². The Bertz CT molecular complexity index is 779. The first kappa shape index (κ1) is 15.0. The molecule has 0 aliphatic rings. The molecule has 7 nitrogen and oxygen atoms in total. The van der Waals surface area contributed by atoms with Crippen molar-refractivity contribution in [3.63, 3.8) is 0 Å². The predicted octanol–water partition coefficient (Wildman–Crippen LogP) is 1.38. The largest absolute Gasteiger partial charge is 0.357 e. The molecule has 3 rings (SSSR count). The summed E-state index contributed by atoms with van der Waals surface area (Å²) in [5.41, 5.74) is 1.76. The number of fused-ring (bicyclic) bond motifs is 1. The SMILES string of the molecule is CCNC(=NCc1ccccn1)NCc1nnc2ccccn12. The first-order valence-corrected chi connectivity index (χ1v) is 7.57. The molecule has 23 heavy (non-hydrogen) atoms. The normalized spacial score (nSPS) is 11.6. The average Bonchev–Trinajstić information content (AvgIpc) is 3.01. The Morgan fingerprint density at radius 3 is 2.87 bits per heavy atom. The van der Waals surface area contributed by atoms with Crippen molar-refractivity contribution >= 4 is 11.6 Å². The van der Waals surface area contributed by atoms with Gasteiger partial charge in [-0.15, -0.1) is 10.2 Å². The van der Waals surface area contributed by atoms with Crippen LogP contribution in [0.4, 0.5) is 0 Å². The molecule has 3 heterocycles. The van der Waals surface area contributed by atoms with Crippen molar-refractivity contribution in [3.05, 3.63) is 60.3 Å². The van der Waals surface area contributed by atoms with Crippen molar-refractivity contribution in [3.8, 4) is 0 Å². The summed E-state index contributed by atoms with van der Waals surface area (Å²) in [6, 6.07) is 11.6. The second-order valence-electron chi connectivity index (χ2n) is 4.91. The van der Waals surface area contributed by atoms with E-state index < -0.39 is 0 Å². The van der Waals surface area contributed by atoms with E-state index in [1.165, 1.54) is 0 Å². The van der Waals surface area contributed by atoms with Crippen molar-refractivity contribution in [2.75, 3.05) is 6.54 Å². The van der Waals surface area contributed by atoms with Crippen LogP contribution in [0.3, 0.4) is 0 Å². The van der Waals surface area contributed by atoms with E-state index in [0.29, 0.717) is 13.1 Å². The van der Waals surface area contributed by atoms with Crippen molar-refractivity contribution in [2.24, 2.45) is 4.99 Å². The lowest BCUT2D eigenvalue weighted by atomic mass is 10.3. The highest BCUT2D eigenvalue weighted by Crippen LogP contribution is 2.02. The molecule has 0 amide bonds. The van der Waals surface area contributed by atoms with E-state index in [9.17, 15) is 0 Å². The van der Waals surface area contributed by atoms with Crippen LogP contribution in [0, 0.1) is 0 Å². The first-order chi connectivity index (χ1) is 11.4. The van der Waals surface area contributed by atoms with E-state index in [2.05, 4.69) is 30.8 Å². The highest BCUT2D eigenvalue weighted by Gasteiger charge is 2.05. The van der Waals surface area contributed by atoms with Gasteiger partial charge in [-0.3, -0.25) is 9.38 Å². The molecule has 0 radical (unpaired) electrons. The summed E-state index contributed by atoms with van der Waals surface area (Å²) in [6.07, 6.45) is 3.72. The van der Waals surface area contributed by atoms with Crippen molar-refractivity contribution in [1.29, 1.82) is 0 Å². The lowest BCUT2D eigenvalue weighted by Crippen LogP contribution is -2.37. The minimum Gasteiger partial charge on any atom is -0.357 e. The van der Waals surface area contributed by atoms with Crippen LogP contribution in [0.15, 0.2) is 53.8 Å². The standard InChI is InChI=1S/C16H19N7/c1-2-17-16(19-11-13-7-3-5-9-18-13)20-12-15-22-21-14-8-4-6-10-23(14)15/h3-10H,2,11-12H2,1H3,(H2,17,19,20). The molecule has 0 fully saturated rings. The average molecular weight is 309 g/mol. The molecule has 0 saturated carbocycles. The van der Waals surface area contributed by atoms with E-state index >= 15 is 0 Å². The summed E-state index contributed by atoms with van der Waals surface area (Å²) in [6.45, 7) is 3.88. The maximum atomic E-state index is 4.54. The van der Waals surface area contributed by atoms with Gasteiger partial charge in [-0.25, -0.2) is 4.99 Å². The summed E-state index contributed by atoms with van der Waals surface area (Å²) in [5.74, 6) is 1.56. The number of pyridine rings is 2. The Kier molecular flexibility index (Phi) is 4.78. The number of hydrogen-bond donors (Lipinski definition) is 2. The predicted molar refractivity (Wildman–Crippen MR) is 88.9 cm³/mol. The van der Waals surface area contributed by atoms with E-state index in [1.54, 1.807) is 6.20 Å². The van der Waals surface area contributed by atoms with Crippen LogP contribution in [0.2, 0.25) is 0 Å². The fourth-order valence-electron chi connectivity index (χ4n) is 2.17. The lowest BCUT2D eigenvalue weighted by Gasteiger charge is -2.10. The quantitative estimate of drug-likeness (QED) is 0.550. The summed E-state index contributed by atoms with van der Waals surface area (Å²) >= 11 is 0. The third-order valence-electron chi connectivity index (χ3n) is 3.27. The van der Waals surface area contributed by atoms with Crippen molar-refractivity contribution < 1.29 is 0 Å². The topological polar surface area (TPSA) is 79.5 Å². The summed E-state index contributed by atoms with van der Waals surface area (Å²) in [7, 11) is 0. The smallest absolute Gasteiger partial charge is 0.192 e. The van der Waals surface area contributed by atoms with Gasteiger partial charge in [0.25, 0.3) is 0 Å². The van der Waals surface area contributed by atoms with Gasteiger partial charge in [-0.2, -0.15) is 0 Å². The second-order valence-corrected chi connectivity index (χ2v) is 4.91. The maximum absolute atomic E-state index is 4.54. The molecule has 3 aromatic rings. The van der Waals surface area contributed by atoms with Crippen LogP contribution in [-0.4, -0.2) is 32.1 Å². The van der Waals surface area contributed by atoms with E-state index in [-0.39, 0.29) is 0 Å². The molecule has 0 aliphatic carbocycles. The molecule has 0 spiro atoms. The molecule has 7 heteroatoms. The number of guanidine groups is 1. The number of hydrogen-bond acceptors (Lipinski definition) is 4. The molecule has 0 saturated heterocycles. The van der Waals surface area contributed by atoms with Gasteiger partial charge >= 0.3 is 0 Å². The van der Waals surface area contributed by atoms with Gasteiger partial charge in [0, 0.05) is 18.9 Å². The number of nitrogens with zero attached hydrogens (tertiary/aromatic N) is 5. The summed E-state index contributed by atoms with van der Waals surface area (Å²) < 4.78 is 1.95. The zero-order chi connectivity index (χ0) is 15.9. The third-order valence-corrected chi connectivity index (χ3v) is 3.27. The molecule has 118 valence electrons. The lowest BCUT2D eigenvalue weighted by molar-refractivity contribution is 0.763. The van der Waals surface area contributed by atoms with Gasteiger partial charge in [-0.05, 0) is 31.2 Å². The van der Waals surface area contributed by atoms with Crippen molar-refractivity contribution in [2.45, 2.75) is 20.0 Å². The van der Waals surface area contributed by atoms with Gasteiger partial charge in [-0.1, -0.05) is 12.1 Å². The number of aliphatic imine (C=N–C) groups is 1. The monoisotopic (exact) mass is 309 g/mol. The minimum atomic E-state index is 0.525. The highest BCUT2D eigenvalue weighted by molar-refractivity contribution is 5.79. The number of aromatic nitrogens is 4. The summed E-state index contributed by atoms with van der Waals surface area (Å²) in [5, 5.41) is 14.8. The number of rotatable bonds is 5. The Labute approximate surface area is 134 Å².